The number of nitrogens with one attached hydrogen (secondary N) is 1. The predicted octanol–water partition coefficient (Wildman–Crippen LogP) is 2.75. The van der Waals surface area contributed by atoms with E-state index in [2.05, 4.69) is 30.9 Å². The van der Waals surface area contributed by atoms with Gasteiger partial charge in [0.25, 0.3) is 11.9 Å². The maximum atomic E-state index is 14.1. The molecule has 1 heterocycles. The van der Waals surface area contributed by atoms with Crippen LogP contribution in [0, 0.1) is 24.0 Å². The van der Waals surface area contributed by atoms with Gasteiger partial charge in [0, 0.05) is 18.2 Å². The lowest BCUT2D eigenvalue weighted by Crippen LogP contribution is -2.38. The van der Waals surface area contributed by atoms with Gasteiger partial charge in [0.2, 0.25) is 12.0 Å². The van der Waals surface area contributed by atoms with Crippen LogP contribution >= 0.6 is 0 Å². The van der Waals surface area contributed by atoms with E-state index >= 15 is 0 Å². The molecule has 8 nitrogen and oxygen atoms in total. The van der Waals surface area contributed by atoms with Crippen molar-refractivity contribution >= 4 is 17.6 Å². The molecule has 14 heteroatoms. The SMILES string of the molecule is C#CCOc1cnc(C(=O)Nc2cc(F)c(F)c(C[C@H](OC(N)=NCF)C(F)(F)F)c2)cn1. The smallest absolute Gasteiger partial charge is 0.425 e. The van der Waals surface area contributed by atoms with Crippen molar-refractivity contribution in [2.75, 3.05) is 18.7 Å². The largest absolute Gasteiger partial charge is 0.463 e. The van der Waals surface area contributed by atoms with Crippen molar-refractivity contribution in [3.05, 3.63) is 47.4 Å². The summed E-state index contributed by atoms with van der Waals surface area (Å²) in [5.74, 6) is -1.86. The predicted molar refractivity (Wildman–Crippen MR) is 103 cm³/mol. The number of alkyl halides is 4. The second-order valence-corrected chi connectivity index (χ2v) is 6.09. The van der Waals surface area contributed by atoms with Crippen LogP contribution in [-0.4, -0.2) is 47.6 Å². The van der Waals surface area contributed by atoms with E-state index in [0.717, 1.165) is 18.5 Å². The van der Waals surface area contributed by atoms with Crippen molar-refractivity contribution in [1.82, 2.24) is 9.97 Å². The first-order valence-corrected chi connectivity index (χ1v) is 8.82. The number of anilines is 1. The lowest BCUT2D eigenvalue weighted by atomic mass is 10.1. The summed E-state index contributed by atoms with van der Waals surface area (Å²) >= 11 is 0. The van der Waals surface area contributed by atoms with Crippen molar-refractivity contribution < 1.29 is 40.6 Å². The molecule has 0 aliphatic carbocycles. The van der Waals surface area contributed by atoms with Gasteiger partial charge in [0.05, 0.1) is 12.4 Å². The van der Waals surface area contributed by atoms with Gasteiger partial charge in [-0.2, -0.15) is 13.2 Å². The summed E-state index contributed by atoms with van der Waals surface area (Å²) in [7, 11) is 0. The van der Waals surface area contributed by atoms with Gasteiger partial charge in [-0.1, -0.05) is 5.92 Å². The Morgan fingerprint density at radius 3 is 2.58 bits per heavy atom. The molecular formula is C19H15F6N5O3. The summed E-state index contributed by atoms with van der Waals surface area (Å²) in [6.45, 7) is -1.54. The number of aromatic nitrogens is 2. The fourth-order valence-corrected chi connectivity index (χ4v) is 2.35. The molecule has 1 amide bonds. The van der Waals surface area contributed by atoms with Crippen LogP contribution in [0.2, 0.25) is 0 Å². The number of nitrogens with two attached hydrogens (primary N) is 1. The lowest BCUT2D eigenvalue weighted by Gasteiger charge is -2.21. The van der Waals surface area contributed by atoms with Gasteiger partial charge in [-0.3, -0.25) is 4.79 Å². The zero-order chi connectivity index (χ0) is 24.6. The molecule has 0 saturated heterocycles. The zero-order valence-electron chi connectivity index (χ0n) is 16.5. The second-order valence-electron chi connectivity index (χ2n) is 6.09. The minimum Gasteiger partial charge on any atom is -0.463 e. The minimum atomic E-state index is -5.09. The summed E-state index contributed by atoms with van der Waals surface area (Å²) in [5.41, 5.74) is 3.59. The van der Waals surface area contributed by atoms with Crippen molar-refractivity contribution in [3.63, 3.8) is 0 Å². The minimum absolute atomic E-state index is 0.0216. The highest BCUT2D eigenvalue weighted by atomic mass is 19.4. The molecule has 1 aromatic carbocycles. The number of rotatable bonds is 8. The molecule has 176 valence electrons. The number of nitrogens with zero attached hydrogens (tertiary/aromatic N) is 3. The van der Waals surface area contributed by atoms with Crippen molar-refractivity contribution in [3.8, 4) is 18.2 Å². The molecule has 33 heavy (non-hydrogen) atoms. The molecule has 3 N–H and O–H groups in total. The molecule has 0 radical (unpaired) electrons. The monoisotopic (exact) mass is 475 g/mol. The first-order chi connectivity index (χ1) is 15.5. The fraction of sp³-hybridized carbons (Fsp3) is 0.263. The summed E-state index contributed by atoms with van der Waals surface area (Å²) in [6, 6.07) is 0.189. The lowest BCUT2D eigenvalue weighted by molar-refractivity contribution is -0.198. The molecule has 0 unspecified atom stereocenters. The van der Waals surface area contributed by atoms with Gasteiger partial charge in [0.1, 0.15) is 5.69 Å². The van der Waals surface area contributed by atoms with E-state index in [4.69, 9.17) is 16.9 Å². The third kappa shape index (κ3) is 7.27. The van der Waals surface area contributed by atoms with Gasteiger partial charge >= 0.3 is 6.18 Å². The Morgan fingerprint density at radius 1 is 1.27 bits per heavy atom. The highest BCUT2D eigenvalue weighted by molar-refractivity contribution is 6.02. The average Bonchev–Trinajstić information content (AvgIpc) is 2.75. The van der Waals surface area contributed by atoms with Gasteiger partial charge in [-0.15, -0.1) is 6.42 Å². The van der Waals surface area contributed by atoms with Crippen molar-refractivity contribution in [2.24, 2.45) is 10.7 Å². The Kier molecular flexibility index (Phi) is 8.43. The fourth-order valence-electron chi connectivity index (χ4n) is 2.35. The highest BCUT2D eigenvalue weighted by Crippen LogP contribution is 2.29. The number of hydrogen-bond acceptors (Lipinski definition) is 6. The Balaban J connectivity index is 2.23. The Hall–Kier alpha value is -4.02. The molecule has 1 atom stereocenters. The number of hydrogen-bond donors (Lipinski definition) is 2. The topological polar surface area (TPSA) is 112 Å². The van der Waals surface area contributed by atoms with Crippen LogP contribution in [0.5, 0.6) is 5.88 Å². The van der Waals surface area contributed by atoms with E-state index in [0.29, 0.717) is 6.07 Å². The van der Waals surface area contributed by atoms with Gasteiger partial charge in [-0.25, -0.2) is 28.1 Å². The van der Waals surface area contributed by atoms with Crippen molar-refractivity contribution in [2.45, 2.75) is 18.7 Å². The number of amides is 1. The molecule has 0 spiro atoms. The quantitative estimate of drug-likeness (QED) is 0.200. The van der Waals surface area contributed by atoms with Crippen LogP contribution in [0.4, 0.5) is 32.0 Å². The number of carbonyl (C=O) groups is 1. The van der Waals surface area contributed by atoms with E-state index in [9.17, 15) is 31.1 Å². The van der Waals surface area contributed by atoms with E-state index in [1.54, 1.807) is 0 Å². The Bertz CT molecular complexity index is 1050. The van der Waals surface area contributed by atoms with Crippen LogP contribution in [-0.2, 0) is 11.2 Å². The van der Waals surface area contributed by atoms with Gasteiger partial charge < -0.3 is 20.5 Å². The summed E-state index contributed by atoms with van der Waals surface area (Å²) in [4.78, 5) is 22.6. The third-order valence-electron chi connectivity index (χ3n) is 3.77. The summed E-state index contributed by atoms with van der Waals surface area (Å²) in [6.07, 6.45) is -2.00. The van der Waals surface area contributed by atoms with E-state index in [-0.39, 0.29) is 23.9 Å². The Morgan fingerprint density at radius 2 is 2.00 bits per heavy atom. The van der Waals surface area contributed by atoms with Crippen molar-refractivity contribution in [1.29, 1.82) is 0 Å². The maximum Gasteiger partial charge on any atom is 0.425 e. The first-order valence-electron chi connectivity index (χ1n) is 8.82. The first kappa shape index (κ1) is 25.2. The zero-order valence-corrected chi connectivity index (χ0v) is 16.5. The van der Waals surface area contributed by atoms with Crippen LogP contribution in [0.1, 0.15) is 16.1 Å². The van der Waals surface area contributed by atoms with Crippen LogP contribution in [0.25, 0.3) is 0 Å². The third-order valence-corrected chi connectivity index (χ3v) is 3.77. The van der Waals surface area contributed by atoms with Crippen LogP contribution in [0.15, 0.2) is 29.5 Å². The van der Waals surface area contributed by atoms with Gasteiger partial charge in [-0.05, 0) is 11.6 Å². The maximum absolute atomic E-state index is 14.1. The molecule has 0 saturated carbocycles. The summed E-state index contributed by atoms with van der Waals surface area (Å²) in [5, 5.41) is 2.16. The molecule has 0 fully saturated rings. The number of terminal acetylenes is 1. The average molecular weight is 475 g/mol. The van der Waals surface area contributed by atoms with E-state index < -0.39 is 54.6 Å². The van der Waals surface area contributed by atoms with Crippen LogP contribution < -0.4 is 15.8 Å². The number of amidine groups is 1. The van der Waals surface area contributed by atoms with Crippen LogP contribution in [0.3, 0.4) is 0 Å². The number of benzene rings is 1. The molecular weight excluding hydrogens is 460 g/mol. The molecule has 0 aliphatic heterocycles. The Labute approximate surface area is 182 Å². The number of aliphatic imine (C=N–C) groups is 1. The standard InChI is InChI=1S/C19H15F6N5O3/c1-2-3-32-15-8-27-13(7-28-15)17(31)30-11-4-10(16(22)12(21)6-11)5-14(19(23,24)25)33-18(26)29-9-20/h1,4,6-8,14H,3,5,9H2,(H2,26,29)(H,30,31)/t14-/m0/s1. The summed E-state index contributed by atoms with van der Waals surface area (Å²) < 4.78 is 89.3. The second kappa shape index (κ2) is 11.0. The number of carbonyl (C=O) groups excluding carboxylic acids is 1. The molecule has 2 aromatic rings. The molecule has 0 aliphatic rings. The molecule has 0 bridgehead atoms. The number of halogens is 6. The highest BCUT2D eigenvalue weighted by Gasteiger charge is 2.43. The van der Waals surface area contributed by atoms with E-state index in [1.165, 1.54) is 0 Å². The van der Waals surface area contributed by atoms with E-state index in [1.807, 2.05) is 0 Å². The normalized spacial score (nSPS) is 12.6. The molecule has 1 aromatic heterocycles. The van der Waals surface area contributed by atoms with Gasteiger partial charge in [0.15, 0.2) is 25.0 Å². The molecule has 2 rings (SSSR count). The number of ether oxygens (including phenoxy) is 2.